The Morgan fingerprint density at radius 2 is 2.07 bits per heavy atom. The van der Waals surface area contributed by atoms with Crippen LogP contribution in [0, 0.1) is 17.3 Å². The average Bonchev–Trinajstić information content (AvgIpc) is 3.00. The second kappa shape index (κ2) is 8.60. The summed E-state index contributed by atoms with van der Waals surface area (Å²) in [6, 6.07) is 0. The van der Waals surface area contributed by atoms with Crippen molar-refractivity contribution in [3.05, 3.63) is 12.7 Å². The zero-order chi connectivity index (χ0) is 20.3. The molecule has 0 radical (unpaired) electrons. The topological polar surface area (TPSA) is 107 Å². The maximum atomic E-state index is 11.3. The van der Waals surface area contributed by atoms with E-state index in [1.807, 2.05) is 6.92 Å². The van der Waals surface area contributed by atoms with Gasteiger partial charge in [0, 0.05) is 5.41 Å². The second-order valence-corrected chi connectivity index (χ2v) is 9.00. The molecule has 1 aliphatic carbocycles. The predicted molar refractivity (Wildman–Crippen MR) is 102 cm³/mol. The number of aliphatic hydroxyl groups excluding tert-OH is 3. The molecule has 4 N–H and O–H groups in total. The molecule has 6 atom stereocenters. The number of allylic oxidation sites excluding steroid dienone is 1. The van der Waals surface area contributed by atoms with Crippen LogP contribution in [0.15, 0.2) is 12.7 Å². The number of hydrogen-bond acceptors (Lipinski definition) is 5. The minimum Gasteiger partial charge on any atom is -0.481 e. The molecule has 6 heteroatoms. The molecule has 1 saturated carbocycles. The van der Waals surface area contributed by atoms with Gasteiger partial charge in [-0.15, -0.1) is 6.58 Å². The lowest BCUT2D eigenvalue weighted by molar-refractivity contribution is -0.189. The third-order valence-corrected chi connectivity index (χ3v) is 7.30. The van der Waals surface area contributed by atoms with Gasteiger partial charge in [-0.25, -0.2) is 0 Å². The van der Waals surface area contributed by atoms with Crippen molar-refractivity contribution in [2.24, 2.45) is 17.3 Å². The molecule has 1 heterocycles. The molecule has 0 aromatic rings. The van der Waals surface area contributed by atoms with Crippen LogP contribution in [0.5, 0.6) is 0 Å². The minimum atomic E-state index is -1.03. The lowest BCUT2D eigenvalue weighted by Gasteiger charge is -2.50. The van der Waals surface area contributed by atoms with Gasteiger partial charge in [0.1, 0.15) is 5.60 Å². The van der Waals surface area contributed by atoms with Gasteiger partial charge in [-0.05, 0) is 56.8 Å². The predicted octanol–water partition coefficient (Wildman–Crippen LogP) is 2.50. The number of carboxylic acid groups (broad SMARTS) is 1. The summed E-state index contributed by atoms with van der Waals surface area (Å²) in [6.45, 7) is 7.34. The van der Waals surface area contributed by atoms with Crippen LogP contribution < -0.4 is 0 Å². The summed E-state index contributed by atoms with van der Waals surface area (Å²) in [5, 5.41) is 40.0. The molecular weight excluding hydrogens is 348 g/mol. The van der Waals surface area contributed by atoms with Gasteiger partial charge in [-0.3, -0.25) is 4.79 Å². The first-order valence-corrected chi connectivity index (χ1v) is 10.1. The SMILES string of the molecule is C=CCC[C@H](O)[C@](C)(CO)[C@@H]1CC[C@H](C)[C@]2(CC[C@](CO)(CC(=O)O)O2)C1. The first-order valence-electron chi connectivity index (χ1n) is 10.1. The molecule has 27 heavy (non-hydrogen) atoms. The summed E-state index contributed by atoms with van der Waals surface area (Å²) in [6.07, 6.45) is 5.83. The van der Waals surface area contributed by atoms with Crippen LogP contribution in [0.3, 0.4) is 0 Å². The van der Waals surface area contributed by atoms with Gasteiger partial charge in [0.15, 0.2) is 0 Å². The quantitative estimate of drug-likeness (QED) is 0.455. The Hall–Kier alpha value is -0.950. The molecule has 1 aliphatic heterocycles. The summed E-state index contributed by atoms with van der Waals surface area (Å²) < 4.78 is 6.37. The van der Waals surface area contributed by atoms with E-state index in [2.05, 4.69) is 13.5 Å². The van der Waals surface area contributed by atoms with Crippen molar-refractivity contribution in [3.8, 4) is 0 Å². The minimum absolute atomic E-state index is 0.0674. The van der Waals surface area contributed by atoms with Crippen LogP contribution in [0.2, 0.25) is 0 Å². The van der Waals surface area contributed by atoms with Crippen LogP contribution in [0.4, 0.5) is 0 Å². The molecule has 0 aromatic carbocycles. The van der Waals surface area contributed by atoms with Gasteiger partial charge in [0.25, 0.3) is 0 Å². The van der Waals surface area contributed by atoms with Gasteiger partial charge in [-0.2, -0.15) is 0 Å². The number of hydrogen-bond donors (Lipinski definition) is 4. The second-order valence-electron chi connectivity index (χ2n) is 9.00. The molecule has 1 spiro atoms. The van der Waals surface area contributed by atoms with E-state index >= 15 is 0 Å². The molecular formula is C21H36O6. The van der Waals surface area contributed by atoms with Crippen molar-refractivity contribution in [2.45, 2.75) is 82.5 Å². The Labute approximate surface area is 162 Å². The van der Waals surface area contributed by atoms with Crippen molar-refractivity contribution in [1.82, 2.24) is 0 Å². The summed E-state index contributed by atoms with van der Waals surface area (Å²) in [5.74, 6) is -0.664. The van der Waals surface area contributed by atoms with E-state index in [4.69, 9.17) is 4.74 Å². The van der Waals surface area contributed by atoms with Gasteiger partial charge >= 0.3 is 5.97 Å². The summed E-state index contributed by atoms with van der Waals surface area (Å²) >= 11 is 0. The normalized spacial score (nSPS) is 37.1. The largest absolute Gasteiger partial charge is 0.481 e. The Bertz CT molecular complexity index is 537. The monoisotopic (exact) mass is 384 g/mol. The van der Waals surface area contributed by atoms with Crippen LogP contribution in [-0.4, -0.2) is 56.9 Å². The van der Waals surface area contributed by atoms with Gasteiger partial charge in [0.2, 0.25) is 0 Å². The molecule has 2 rings (SSSR count). The van der Waals surface area contributed by atoms with Crippen LogP contribution in [0.1, 0.15) is 65.2 Å². The standard InChI is InChI=1S/C21H36O6/c1-4-5-6-17(24)19(3,13-22)16-8-7-15(2)21(11-16)10-9-20(14-23,27-21)12-18(25)26/h4,15-17,22-24H,1,5-14H2,2-3H3,(H,25,26)/t15-,16+,17-,19+,20+,21-/m0/s1. The number of aliphatic hydroxyl groups is 3. The fraction of sp³-hybridized carbons (Fsp3) is 0.857. The van der Waals surface area contributed by atoms with Gasteiger partial charge < -0.3 is 25.2 Å². The molecule has 6 nitrogen and oxygen atoms in total. The maximum absolute atomic E-state index is 11.3. The molecule has 1 saturated heterocycles. The van der Waals surface area contributed by atoms with E-state index in [1.165, 1.54) is 0 Å². The van der Waals surface area contributed by atoms with Crippen LogP contribution in [0.25, 0.3) is 0 Å². The Kier molecular flexibility index (Phi) is 7.11. The highest BCUT2D eigenvalue weighted by molar-refractivity contribution is 5.68. The summed E-state index contributed by atoms with van der Waals surface area (Å²) in [4.78, 5) is 11.3. The van der Waals surface area contributed by atoms with Crippen LogP contribution in [-0.2, 0) is 9.53 Å². The highest BCUT2D eigenvalue weighted by Crippen LogP contribution is 2.55. The zero-order valence-electron chi connectivity index (χ0n) is 16.7. The van der Waals surface area contributed by atoms with Gasteiger partial charge in [-0.1, -0.05) is 19.9 Å². The maximum Gasteiger partial charge on any atom is 0.306 e. The number of carboxylic acids is 1. The first kappa shape index (κ1) is 22.3. The summed E-state index contributed by atoms with van der Waals surface area (Å²) in [5.41, 5.74) is -2.18. The number of aliphatic carboxylic acids is 1. The molecule has 2 fully saturated rings. The Morgan fingerprint density at radius 1 is 1.37 bits per heavy atom. The zero-order valence-corrected chi connectivity index (χ0v) is 16.7. The van der Waals surface area contributed by atoms with Crippen molar-refractivity contribution >= 4 is 5.97 Å². The Balaban J connectivity index is 2.22. The first-order chi connectivity index (χ1) is 12.7. The molecule has 0 unspecified atom stereocenters. The number of carbonyl (C=O) groups is 1. The molecule has 156 valence electrons. The summed E-state index contributed by atoms with van der Waals surface area (Å²) in [7, 11) is 0. The van der Waals surface area contributed by atoms with E-state index in [1.54, 1.807) is 6.08 Å². The van der Waals surface area contributed by atoms with Crippen molar-refractivity contribution in [1.29, 1.82) is 0 Å². The smallest absolute Gasteiger partial charge is 0.306 e. The lowest BCUT2D eigenvalue weighted by atomic mass is 9.60. The number of ether oxygens (including phenoxy) is 1. The van der Waals surface area contributed by atoms with E-state index in [-0.39, 0.29) is 31.5 Å². The molecule has 0 bridgehead atoms. The lowest BCUT2D eigenvalue weighted by Crippen LogP contribution is -2.52. The Morgan fingerprint density at radius 3 is 2.63 bits per heavy atom. The van der Waals surface area contributed by atoms with Crippen molar-refractivity contribution in [2.75, 3.05) is 13.2 Å². The fourth-order valence-corrected chi connectivity index (χ4v) is 5.14. The van der Waals surface area contributed by atoms with Crippen molar-refractivity contribution in [3.63, 3.8) is 0 Å². The number of rotatable bonds is 9. The van der Waals surface area contributed by atoms with E-state index in [9.17, 15) is 25.2 Å². The third-order valence-electron chi connectivity index (χ3n) is 7.30. The highest BCUT2D eigenvalue weighted by atomic mass is 16.5. The van der Waals surface area contributed by atoms with E-state index < -0.39 is 28.7 Å². The molecule has 2 aliphatic rings. The van der Waals surface area contributed by atoms with Gasteiger partial charge in [0.05, 0.1) is 31.3 Å². The fourth-order valence-electron chi connectivity index (χ4n) is 5.14. The van der Waals surface area contributed by atoms with Crippen LogP contribution >= 0.6 is 0 Å². The third kappa shape index (κ3) is 4.39. The van der Waals surface area contributed by atoms with Crippen molar-refractivity contribution < 1.29 is 30.0 Å². The highest BCUT2D eigenvalue weighted by Gasteiger charge is 2.57. The molecule has 0 aromatic heterocycles. The average molecular weight is 385 g/mol. The van der Waals surface area contributed by atoms with E-state index in [0.29, 0.717) is 32.1 Å². The molecule has 0 amide bonds. The van der Waals surface area contributed by atoms with E-state index in [0.717, 1.165) is 12.8 Å².